The number of hydrogen-bond donors (Lipinski definition) is 2. The van der Waals surface area contributed by atoms with Crippen molar-refractivity contribution in [3.8, 4) is 5.88 Å². The highest BCUT2D eigenvalue weighted by molar-refractivity contribution is 6.04. The van der Waals surface area contributed by atoms with Crippen molar-refractivity contribution in [2.45, 2.75) is 19.6 Å². The van der Waals surface area contributed by atoms with Crippen LogP contribution >= 0.6 is 12.4 Å². The highest BCUT2D eigenvalue weighted by Gasteiger charge is 2.12. The second-order valence-corrected chi connectivity index (χ2v) is 5.76. The van der Waals surface area contributed by atoms with Crippen molar-refractivity contribution >= 4 is 24.0 Å². The number of ether oxygens (including phenoxy) is 1. The molecule has 1 amide bonds. The Balaban J connectivity index is 0.00000261. The molecule has 0 aliphatic heterocycles. The molecule has 0 bridgehead atoms. The molecule has 2 aromatic carbocycles. The molecule has 0 saturated carbocycles. The zero-order valence-corrected chi connectivity index (χ0v) is 15.6. The predicted octanol–water partition coefficient (Wildman–Crippen LogP) is 3.75. The van der Waals surface area contributed by atoms with Gasteiger partial charge in [0.05, 0.1) is 5.69 Å². The van der Waals surface area contributed by atoms with Crippen LogP contribution in [-0.2, 0) is 6.54 Å². The number of amides is 1. The Bertz CT molecular complexity index is 890. The maximum Gasteiger partial charge on any atom is 0.255 e. The van der Waals surface area contributed by atoms with Gasteiger partial charge in [0.2, 0.25) is 5.88 Å². The minimum Gasteiger partial charge on any atom is -0.470 e. The molecular weight excluding hydrogens is 364 g/mol. The van der Waals surface area contributed by atoms with Gasteiger partial charge in [0.15, 0.2) is 0 Å². The van der Waals surface area contributed by atoms with Crippen LogP contribution in [0.4, 0.5) is 5.69 Å². The molecule has 3 aromatic rings. The fraction of sp³-hybridized carbons (Fsp3) is 0.150. The van der Waals surface area contributed by atoms with Gasteiger partial charge in [-0.25, -0.2) is 9.97 Å². The molecule has 0 fully saturated rings. The molecule has 0 aliphatic carbocycles. The highest BCUT2D eigenvalue weighted by Crippen LogP contribution is 2.21. The van der Waals surface area contributed by atoms with Crippen molar-refractivity contribution in [2.75, 3.05) is 5.32 Å². The van der Waals surface area contributed by atoms with Crippen LogP contribution in [0.25, 0.3) is 0 Å². The molecule has 1 atom stereocenters. The predicted molar refractivity (Wildman–Crippen MR) is 107 cm³/mol. The molecule has 1 heterocycles. The van der Waals surface area contributed by atoms with E-state index in [0.717, 1.165) is 11.3 Å². The first-order valence-corrected chi connectivity index (χ1v) is 8.29. The minimum absolute atomic E-state index is 0. The Kier molecular flexibility index (Phi) is 7.28. The minimum atomic E-state index is -0.278. The van der Waals surface area contributed by atoms with Crippen LogP contribution in [0.15, 0.2) is 67.0 Å². The van der Waals surface area contributed by atoms with E-state index in [0.29, 0.717) is 23.7 Å². The van der Waals surface area contributed by atoms with Gasteiger partial charge in [0.25, 0.3) is 5.91 Å². The summed E-state index contributed by atoms with van der Waals surface area (Å²) in [7, 11) is 0. The van der Waals surface area contributed by atoms with Crippen molar-refractivity contribution in [2.24, 2.45) is 5.73 Å². The number of carbonyl (C=O) groups excluding carboxylic acids is 1. The maximum atomic E-state index is 12.4. The molecule has 0 radical (unpaired) electrons. The normalized spacial score (nSPS) is 11.2. The number of benzene rings is 2. The second kappa shape index (κ2) is 9.66. The summed E-state index contributed by atoms with van der Waals surface area (Å²) >= 11 is 0. The summed E-state index contributed by atoms with van der Waals surface area (Å²) in [5, 5.41) is 2.87. The Morgan fingerprint density at radius 3 is 2.63 bits per heavy atom. The number of para-hydroxylation sites is 1. The summed E-state index contributed by atoms with van der Waals surface area (Å²) in [6.07, 6.45) is 1.15. The summed E-state index contributed by atoms with van der Waals surface area (Å²) in [5.74, 6) is 0.282. The molecule has 6 nitrogen and oxygen atoms in total. The quantitative estimate of drug-likeness (QED) is 0.675. The van der Waals surface area contributed by atoms with Gasteiger partial charge in [-0.3, -0.25) is 4.79 Å². The van der Waals surface area contributed by atoms with Crippen LogP contribution in [-0.4, -0.2) is 15.9 Å². The van der Waals surface area contributed by atoms with E-state index in [2.05, 4.69) is 15.3 Å². The van der Waals surface area contributed by atoms with E-state index in [4.69, 9.17) is 10.5 Å². The van der Waals surface area contributed by atoms with Crippen LogP contribution in [0, 0.1) is 0 Å². The van der Waals surface area contributed by atoms with Gasteiger partial charge in [-0.1, -0.05) is 30.3 Å². The third kappa shape index (κ3) is 5.51. The van der Waals surface area contributed by atoms with E-state index in [9.17, 15) is 4.79 Å². The molecule has 3 N–H and O–H groups in total. The summed E-state index contributed by atoms with van der Waals surface area (Å²) in [6, 6.07) is 18.4. The summed E-state index contributed by atoms with van der Waals surface area (Å²) in [6.45, 7) is 2.22. The fourth-order valence-electron chi connectivity index (χ4n) is 2.46. The SMILES string of the molecule is CC(Oc1cc(CN)ncn1)c1cccc(C(=O)Nc2ccccc2)c1.Cl. The lowest BCUT2D eigenvalue weighted by molar-refractivity contribution is 0.102. The maximum absolute atomic E-state index is 12.4. The van der Waals surface area contributed by atoms with Crippen LogP contribution in [0.3, 0.4) is 0 Å². The summed E-state index contributed by atoms with van der Waals surface area (Å²) in [5.41, 5.74) is 8.48. The first-order valence-electron chi connectivity index (χ1n) is 8.29. The number of nitrogens with one attached hydrogen (secondary N) is 1. The monoisotopic (exact) mass is 384 g/mol. The number of halogens is 1. The van der Waals surface area contributed by atoms with E-state index < -0.39 is 0 Å². The topological polar surface area (TPSA) is 90.1 Å². The first kappa shape index (κ1) is 20.4. The molecule has 7 heteroatoms. The largest absolute Gasteiger partial charge is 0.470 e. The average molecular weight is 385 g/mol. The lowest BCUT2D eigenvalue weighted by Crippen LogP contribution is -2.13. The summed E-state index contributed by atoms with van der Waals surface area (Å²) in [4.78, 5) is 20.6. The lowest BCUT2D eigenvalue weighted by Gasteiger charge is -2.15. The number of rotatable bonds is 6. The van der Waals surface area contributed by atoms with Crippen LogP contribution in [0.1, 0.15) is 34.6 Å². The van der Waals surface area contributed by atoms with E-state index >= 15 is 0 Å². The standard InChI is InChI=1S/C20H20N4O2.ClH/c1-14(26-19-11-18(12-21)22-13-23-19)15-6-5-7-16(10-15)20(25)24-17-8-3-2-4-9-17;/h2-11,13-14H,12,21H2,1H3,(H,24,25);1H. The number of hydrogen-bond acceptors (Lipinski definition) is 5. The van der Waals surface area contributed by atoms with Crippen molar-refractivity contribution in [1.82, 2.24) is 9.97 Å². The molecule has 3 rings (SSSR count). The number of nitrogens with two attached hydrogens (primary N) is 1. The number of aromatic nitrogens is 2. The van der Waals surface area contributed by atoms with Gasteiger partial charge in [-0.05, 0) is 36.8 Å². The molecule has 27 heavy (non-hydrogen) atoms. The van der Waals surface area contributed by atoms with Crippen molar-refractivity contribution in [3.05, 3.63) is 83.8 Å². The number of anilines is 1. The first-order chi connectivity index (χ1) is 12.7. The number of nitrogens with zero attached hydrogens (tertiary/aromatic N) is 2. The van der Waals surface area contributed by atoms with Gasteiger partial charge >= 0.3 is 0 Å². The third-order valence-electron chi connectivity index (χ3n) is 3.86. The molecule has 1 aromatic heterocycles. The smallest absolute Gasteiger partial charge is 0.255 e. The number of carbonyl (C=O) groups is 1. The molecular formula is C20H21ClN4O2. The average Bonchev–Trinajstić information content (AvgIpc) is 2.69. The van der Waals surface area contributed by atoms with Gasteiger partial charge in [0.1, 0.15) is 12.4 Å². The Morgan fingerprint density at radius 1 is 1.11 bits per heavy atom. The fourth-order valence-corrected chi connectivity index (χ4v) is 2.46. The zero-order valence-electron chi connectivity index (χ0n) is 14.8. The third-order valence-corrected chi connectivity index (χ3v) is 3.86. The lowest BCUT2D eigenvalue weighted by atomic mass is 10.1. The van der Waals surface area contributed by atoms with Crippen molar-refractivity contribution in [3.63, 3.8) is 0 Å². The highest BCUT2D eigenvalue weighted by atomic mass is 35.5. The Morgan fingerprint density at radius 2 is 1.89 bits per heavy atom. The molecule has 140 valence electrons. The van der Waals surface area contributed by atoms with E-state index in [1.54, 1.807) is 12.1 Å². The van der Waals surface area contributed by atoms with E-state index in [1.165, 1.54) is 6.33 Å². The molecule has 1 unspecified atom stereocenters. The van der Waals surface area contributed by atoms with Gasteiger partial charge in [-0.15, -0.1) is 12.4 Å². The van der Waals surface area contributed by atoms with Gasteiger partial charge < -0.3 is 15.8 Å². The molecule has 0 saturated heterocycles. The zero-order chi connectivity index (χ0) is 18.4. The summed E-state index contributed by atoms with van der Waals surface area (Å²) < 4.78 is 5.86. The van der Waals surface area contributed by atoms with Crippen molar-refractivity contribution in [1.29, 1.82) is 0 Å². The Hall–Kier alpha value is -2.96. The van der Waals surface area contributed by atoms with Crippen LogP contribution < -0.4 is 15.8 Å². The Labute approximate surface area is 164 Å². The van der Waals surface area contributed by atoms with E-state index in [-0.39, 0.29) is 24.4 Å². The molecule has 0 aliphatic rings. The van der Waals surface area contributed by atoms with E-state index in [1.807, 2.05) is 55.5 Å². The molecule has 0 spiro atoms. The van der Waals surface area contributed by atoms with Crippen LogP contribution in [0.5, 0.6) is 5.88 Å². The van der Waals surface area contributed by atoms with Crippen LogP contribution in [0.2, 0.25) is 0 Å². The van der Waals surface area contributed by atoms with Gasteiger partial charge in [-0.2, -0.15) is 0 Å². The van der Waals surface area contributed by atoms with Crippen molar-refractivity contribution < 1.29 is 9.53 Å². The van der Waals surface area contributed by atoms with Gasteiger partial charge in [0, 0.05) is 23.9 Å². The second-order valence-electron chi connectivity index (χ2n) is 5.76.